The van der Waals surface area contributed by atoms with Gasteiger partial charge in [-0.05, 0) is 49.3 Å². The zero-order valence-corrected chi connectivity index (χ0v) is 13.9. The Hall–Kier alpha value is -1.98. The van der Waals surface area contributed by atoms with E-state index in [4.69, 9.17) is 12.2 Å². The van der Waals surface area contributed by atoms with Crippen molar-refractivity contribution in [1.29, 1.82) is 0 Å². The zero-order valence-electron chi connectivity index (χ0n) is 12.2. The number of nitrogens with zero attached hydrogens (tertiary/aromatic N) is 1. The van der Waals surface area contributed by atoms with E-state index in [1.165, 1.54) is 11.3 Å². The number of carbonyl (C=O) groups is 1. The summed E-state index contributed by atoms with van der Waals surface area (Å²) >= 11 is 6.62. The second-order valence-corrected chi connectivity index (χ2v) is 7.04. The molecule has 0 bridgehead atoms. The van der Waals surface area contributed by atoms with Crippen LogP contribution in [0.4, 0.5) is 0 Å². The summed E-state index contributed by atoms with van der Waals surface area (Å²) in [6.07, 6.45) is 5.11. The Labute approximate surface area is 137 Å². The van der Waals surface area contributed by atoms with E-state index < -0.39 is 0 Å². The maximum atomic E-state index is 12.2. The molecule has 1 aliphatic rings. The lowest BCUT2D eigenvalue weighted by atomic mass is 9.91. The molecule has 5 heteroatoms. The van der Waals surface area contributed by atoms with E-state index in [2.05, 4.69) is 0 Å². The zero-order chi connectivity index (χ0) is 15.9. The third-order valence-electron chi connectivity index (χ3n) is 3.57. The van der Waals surface area contributed by atoms with Crippen molar-refractivity contribution in [3.8, 4) is 5.88 Å². The van der Waals surface area contributed by atoms with Crippen LogP contribution in [0.5, 0.6) is 5.88 Å². The fourth-order valence-corrected chi connectivity index (χ4v) is 4.02. The van der Waals surface area contributed by atoms with Gasteiger partial charge in [0.15, 0.2) is 9.74 Å². The molecule has 112 valence electrons. The second-order valence-electron chi connectivity index (χ2n) is 5.36. The van der Waals surface area contributed by atoms with Crippen LogP contribution < -0.4 is 0 Å². The minimum atomic E-state index is -0.0616. The average Bonchev–Trinajstić information content (AvgIpc) is 2.76. The Balaban J connectivity index is 2.17. The summed E-state index contributed by atoms with van der Waals surface area (Å²) in [4.78, 5) is 12.9. The molecule has 0 spiro atoms. The Bertz CT molecular complexity index is 869. The summed E-state index contributed by atoms with van der Waals surface area (Å²) < 4.78 is 2.30. The van der Waals surface area contributed by atoms with Crippen LogP contribution in [-0.2, 0) is 4.79 Å². The van der Waals surface area contributed by atoms with Crippen LogP contribution in [0, 0.1) is 3.95 Å². The summed E-state index contributed by atoms with van der Waals surface area (Å²) in [6.45, 7) is 3.92. The SMILES string of the molecule is CC(C)n1c(O)c(/C=C2/C(=O)C=Cc3ccccc32)sc1=S. The number of allylic oxidation sites excluding steroid dienone is 2. The molecular formula is C17H15NO2S2. The average molecular weight is 329 g/mol. The van der Waals surface area contributed by atoms with Gasteiger partial charge >= 0.3 is 0 Å². The number of benzene rings is 1. The van der Waals surface area contributed by atoms with Gasteiger partial charge in [0.2, 0.25) is 5.88 Å². The van der Waals surface area contributed by atoms with Crippen molar-refractivity contribution in [3.63, 3.8) is 0 Å². The molecule has 1 aromatic carbocycles. The van der Waals surface area contributed by atoms with Gasteiger partial charge in [0.25, 0.3) is 0 Å². The van der Waals surface area contributed by atoms with Gasteiger partial charge in [-0.15, -0.1) is 11.3 Å². The van der Waals surface area contributed by atoms with Gasteiger partial charge < -0.3 is 5.11 Å². The van der Waals surface area contributed by atoms with Crippen molar-refractivity contribution in [3.05, 3.63) is 50.3 Å². The van der Waals surface area contributed by atoms with E-state index in [0.717, 1.165) is 11.1 Å². The van der Waals surface area contributed by atoms with Crippen LogP contribution >= 0.6 is 23.6 Å². The van der Waals surface area contributed by atoms with E-state index in [-0.39, 0.29) is 17.7 Å². The Kier molecular flexibility index (Phi) is 3.85. The predicted octanol–water partition coefficient (Wildman–Crippen LogP) is 4.70. The molecule has 0 saturated heterocycles. The highest BCUT2D eigenvalue weighted by atomic mass is 32.1. The lowest BCUT2D eigenvalue weighted by Gasteiger charge is -2.13. The molecule has 1 N–H and O–H groups in total. The molecule has 1 aliphatic carbocycles. The second kappa shape index (κ2) is 5.66. The van der Waals surface area contributed by atoms with Gasteiger partial charge in [0.05, 0.1) is 4.88 Å². The maximum absolute atomic E-state index is 12.2. The van der Waals surface area contributed by atoms with Gasteiger partial charge in [0.1, 0.15) is 0 Å². The number of ketones is 1. The number of carbonyl (C=O) groups excluding carboxylic acids is 1. The Morgan fingerprint density at radius 2 is 2.00 bits per heavy atom. The highest BCUT2D eigenvalue weighted by Gasteiger charge is 2.19. The maximum Gasteiger partial charge on any atom is 0.210 e. The van der Waals surface area contributed by atoms with Crippen LogP contribution in [0.25, 0.3) is 17.7 Å². The van der Waals surface area contributed by atoms with Gasteiger partial charge in [0, 0.05) is 11.6 Å². The van der Waals surface area contributed by atoms with Crippen LogP contribution in [-0.4, -0.2) is 15.5 Å². The number of hydrogen-bond acceptors (Lipinski definition) is 4. The summed E-state index contributed by atoms with van der Waals surface area (Å²) in [5.41, 5.74) is 2.46. The summed E-state index contributed by atoms with van der Waals surface area (Å²) in [7, 11) is 0. The number of fused-ring (bicyclic) bond motifs is 1. The largest absolute Gasteiger partial charge is 0.493 e. The lowest BCUT2D eigenvalue weighted by Crippen LogP contribution is -2.04. The van der Waals surface area contributed by atoms with Crippen molar-refractivity contribution in [2.45, 2.75) is 19.9 Å². The van der Waals surface area contributed by atoms with Crippen molar-refractivity contribution >= 4 is 47.1 Å². The molecular weight excluding hydrogens is 314 g/mol. The Morgan fingerprint density at radius 1 is 1.27 bits per heavy atom. The van der Waals surface area contributed by atoms with Gasteiger partial charge in [-0.1, -0.05) is 30.3 Å². The molecule has 1 aromatic heterocycles. The first-order valence-corrected chi connectivity index (χ1v) is 8.19. The molecule has 3 rings (SSSR count). The minimum absolute atomic E-state index is 0.0616. The highest BCUT2D eigenvalue weighted by molar-refractivity contribution is 7.73. The molecule has 0 amide bonds. The Morgan fingerprint density at radius 3 is 2.68 bits per heavy atom. The number of rotatable bonds is 2. The monoisotopic (exact) mass is 329 g/mol. The first-order chi connectivity index (χ1) is 10.5. The first kappa shape index (κ1) is 14.9. The highest BCUT2D eigenvalue weighted by Crippen LogP contribution is 2.35. The molecule has 0 radical (unpaired) electrons. The molecule has 0 atom stereocenters. The third-order valence-corrected chi connectivity index (χ3v) is 4.90. The molecule has 0 aliphatic heterocycles. The van der Waals surface area contributed by atoms with Gasteiger partial charge in [-0.25, -0.2) is 0 Å². The van der Waals surface area contributed by atoms with Crippen LogP contribution in [0.3, 0.4) is 0 Å². The van der Waals surface area contributed by atoms with E-state index in [1.807, 2.05) is 44.2 Å². The normalized spacial score (nSPS) is 15.6. The smallest absolute Gasteiger partial charge is 0.210 e. The topological polar surface area (TPSA) is 42.2 Å². The number of hydrogen-bond donors (Lipinski definition) is 1. The predicted molar refractivity (Wildman–Crippen MR) is 93.5 cm³/mol. The summed E-state index contributed by atoms with van der Waals surface area (Å²) in [5, 5.41) is 10.4. The van der Waals surface area contributed by atoms with Gasteiger partial charge in [-0.2, -0.15) is 0 Å². The fraction of sp³-hybridized carbons (Fsp3) is 0.176. The molecule has 0 fully saturated rings. The third kappa shape index (κ3) is 2.46. The molecule has 22 heavy (non-hydrogen) atoms. The van der Waals surface area contributed by atoms with Crippen molar-refractivity contribution in [1.82, 2.24) is 4.57 Å². The van der Waals surface area contributed by atoms with Gasteiger partial charge in [-0.3, -0.25) is 9.36 Å². The number of aromatic hydroxyl groups is 1. The molecule has 3 nitrogen and oxygen atoms in total. The van der Waals surface area contributed by atoms with E-state index >= 15 is 0 Å². The summed E-state index contributed by atoms with van der Waals surface area (Å²) in [6, 6.07) is 7.80. The van der Waals surface area contributed by atoms with Crippen LogP contribution in [0.2, 0.25) is 0 Å². The number of aromatic nitrogens is 1. The first-order valence-electron chi connectivity index (χ1n) is 6.97. The van der Waals surface area contributed by atoms with Crippen LogP contribution in [0.15, 0.2) is 30.3 Å². The molecule has 1 heterocycles. The van der Waals surface area contributed by atoms with E-state index in [0.29, 0.717) is 14.4 Å². The standard InChI is InChI=1S/C17H15NO2S2/c1-10(2)18-16(20)15(22-17(18)21)9-13-12-6-4-3-5-11(12)7-8-14(13)19/h3-10,20H,1-2H3/b13-9+. The minimum Gasteiger partial charge on any atom is -0.493 e. The van der Waals surface area contributed by atoms with E-state index in [9.17, 15) is 9.90 Å². The summed E-state index contributed by atoms with van der Waals surface area (Å²) in [5.74, 6) is 0.0610. The fourth-order valence-electron chi connectivity index (χ4n) is 2.50. The molecule has 0 saturated carbocycles. The van der Waals surface area contributed by atoms with Crippen molar-refractivity contribution in [2.75, 3.05) is 0 Å². The lowest BCUT2D eigenvalue weighted by molar-refractivity contribution is -0.109. The van der Waals surface area contributed by atoms with Crippen molar-refractivity contribution in [2.24, 2.45) is 0 Å². The van der Waals surface area contributed by atoms with Crippen molar-refractivity contribution < 1.29 is 9.90 Å². The van der Waals surface area contributed by atoms with Crippen LogP contribution in [0.1, 0.15) is 35.9 Å². The quantitative estimate of drug-likeness (QED) is 0.641. The molecule has 2 aromatic rings. The number of thiazole rings is 1. The molecule has 0 unspecified atom stereocenters. The van der Waals surface area contributed by atoms with E-state index in [1.54, 1.807) is 16.7 Å².